The number of nitro benzene ring substituents is 1. The summed E-state index contributed by atoms with van der Waals surface area (Å²) in [7, 11) is 0. The topological polar surface area (TPSA) is 72.7 Å². The second kappa shape index (κ2) is 7.74. The number of hydrogen-bond donors (Lipinski definition) is 0. The number of anilines is 1. The average Bonchev–Trinajstić information content (AvgIpc) is 2.77. The summed E-state index contributed by atoms with van der Waals surface area (Å²) in [6, 6.07) is 10.5. The number of rotatable bonds is 4. The lowest BCUT2D eigenvalue weighted by Gasteiger charge is -2.22. The van der Waals surface area contributed by atoms with Gasteiger partial charge in [-0.15, -0.1) is 11.8 Å². The molecule has 1 amide bonds. The fourth-order valence-electron chi connectivity index (χ4n) is 2.72. The van der Waals surface area contributed by atoms with E-state index >= 15 is 0 Å². The molecule has 0 bridgehead atoms. The van der Waals surface area contributed by atoms with E-state index < -0.39 is 17.3 Å². The van der Waals surface area contributed by atoms with Crippen LogP contribution in [0.15, 0.2) is 47.4 Å². The number of halogens is 1. The van der Waals surface area contributed by atoms with Crippen molar-refractivity contribution in [2.75, 3.05) is 18.1 Å². The molecule has 26 heavy (non-hydrogen) atoms. The van der Waals surface area contributed by atoms with Crippen LogP contribution in [0, 0.1) is 15.9 Å². The minimum absolute atomic E-state index is 0.255. The van der Waals surface area contributed by atoms with Crippen LogP contribution in [0.25, 0.3) is 0 Å². The minimum atomic E-state index is -0.668. The van der Waals surface area contributed by atoms with Crippen LogP contribution in [0.2, 0.25) is 0 Å². The van der Waals surface area contributed by atoms with Crippen LogP contribution in [0.4, 0.5) is 15.8 Å². The molecule has 0 saturated carbocycles. The van der Waals surface area contributed by atoms with E-state index in [-0.39, 0.29) is 17.3 Å². The lowest BCUT2D eigenvalue weighted by molar-refractivity contribution is -0.385. The normalized spacial score (nSPS) is 16.5. The molecule has 0 aliphatic carbocycles. The first-order valence-corrected chi connectivity index (χ1v) is 8.96. The Balaban J connectivity index is 1.79. The lowest BCUT2D eigenvalue weighted by Crippen LogP contribution is -2.36. The highest BCUT2D eigenvalue weighted by Crippen LogP contribution is 2.37. The van der Waals surface area contributed by atoms with Crippen molar-refractivity contribution in [2.24, 2.45) is 0 Å². The van der Waals surface area contributed by atoms with Crippen molar-refractivity contribution in [1.29, 1.82) is 0 Å². The van der Waals surface area contributed by atoms with Crippen LogP contribution in [-0.4, -0.2) is 29.2 Å². The number of benzene rings is 2. The number of hydrogen-bond acceptors (Lipinski definition) is 5. The van der Waals surface area contributed by atoms with E-state index in [1.54, 1.807) is 16.7 Å². The van der Waals surface area contributed by atoms with Crippen molar-refractivity contribution in [3.05, 3.63) is 58.4 Å². The van der Waals surface area contributed by atoms with Crippen molar-refractivity contribution < 1.29 is 18.8 Å². The molecule has 0 radical (unpaired) electrons. The van der Waals surface area contributed by atoms with Gasteiger partial charge in [-0.1, -0.05) is 19.1 Å². The number of carbonyl (C=O) groups is 1. The molecule has 1 aliphatic heterocycles. The zero-order chi connectivity index (χ0) is 18.7. The van der Waals surface area contributed by atoms with E-state index in [0.717, 1.165) is 35.2 Å². The molecule has 0 N–H and O–H groups in total. The number of fused-ring (bicyclic) bond motifs is 1. The largest absolute Gasteiger partial charge is 0.477 e. The third kappa shape index (κ3) is 3.96. The molecule has 1 unspecified atom stereocenters. The molecule has 1 heterocycles. The van der Waals surface area contributed by atoms with Gasteiger partial charge in [0.2, 0.25) is 5.75 Å². The van der Waals surface area contributed by atoms with Gasteiger partial charge in [0.25, 0.3) is 5.91 Å². The van der Waals surface area contributed by atoms with E-state index in [1.165, 1.54) is 0 Å². The van der Waals surface area contributed by atoms with Gasteiger partial charge in [-0.2, -0.15) is 0 Å². The number of ether oxygens (including phenoxy) is 1. The van der Waals surface area contributed by atoms with E-state index in [0.29, 0.717) is 11.8 Å². The molecular formula is C18H17FN2O4S. The average molecular weight is 376 g/mol. The first-order chi connectivity index (χ1) is 12.5. The highest BCUT2D eigenvalue weighted by atomic mass is 32.2. The highest BCUT2D eigenvalue weighted by Gasteiger charge is 2.25. The quantitative estimate of drug-likeness (QED) is 0.595. The second-order valence-corrected chi connectivity index (χ2v) is 7.37. The minimum Gasteiger partial charge on any atom is -0.477 e. The first-order valence-electron chi connectivity index (χ1n) is 8.08. The maximum Gasteiger partial charge on any atom is 0.311 e. The van der Waals surface area contributed by atoms with Gasteiger partial charge in [0.15, 0.2) is 6.61 Å². The van der Waals surface area contributed by atoms with Gasteiger partial charge in [0.1, 0.15) is 5.82 Å². The van der Waals surface area contributed by atoms with Gasteiger partial charge in [0.05, 0.1) is 10.6 Å². The molecular weight excluding hydrogens is 359 g/mol. The van der Waals surface area contributed by atoms with Gasteiger partial charge in [0, 0.05) is 28.8 Å². The van der Waals surface area contributed by atoms with E-state index in [2.05, 4.69) is 6.92 Å². The maximum absolute atomic E-state index is 13.4. The summed E-state index contributed by atoms with van der Waals surface area (Å²) in [5, 5.41) is 11.4. The summed E-state index contributed by atoms with van der Waals surface area (Å²) in [5.74, 6) is -1.25. The summed E-state index contributed by atoms with van der Waals surface area (Å²) in [4.78, 5) is 25.7. The molecule has 1 aliphatic rings. The zero-order valence-corrected chi connectivity index (χ0v) is 14.9. The molecule has 8 heteroatoms. The van der Waals surface area contributed by atoms with Crippen molar-refractivity contribution in [3.8, 4) is 5.75 Å². The Morgan fingerprint density at radius 1 is 1.38 bits per heavy atom. The Morgan fingerprint density at radius 2 is 2.15 bits per heavy atom. The highest BCUT2D eigenvalue weighted by molar-refractivity contribution is 8.00. The fourth-order valence-corrected chi connectivity index (χ4v) is 3.83. The summed E-state index contributed by atoms with van der Waals surface area (Å²) >= 11 is 1.70. The lowest BCUT2D eigenvalue weighted by atomic mass is 10.2. The monoisotopic (exact) mass is 376 g/mol. The molecule has 1 atom stereocenters. The fraction of sp³-hybridized carbons (Fsp3) is 0.278. The van der Waals surface area contributed by atoms with Gasteiger partial charge in [-0.05, 0) is 24.6 Å². The Bertz CT molecular complexity index is 846. The SMILES string of the molecule is CC1CCN(C(=O)COc2cc(F)ccc2[N+](=O)[O-])c2ccccc2S1. The number of nitrogens with zero attached hydrogens (tertiary/aromatic N) is 2. The van der Waals surface area contributed by atoms with Crippen LogP contribution < -0.4 is 9.64 Å². The molecule has 6 nitrogen and oxygen atoms in total. The smallest absolute Gasteiger partial charge is 0.311 e. The molecule has 3 rings (SSSR count). The maximum atomic E-state index is 13.4. The molecule has 0 saturated heterocycles. The van der Waals surface area contributed by atoms with E-state index in [4.69, 9.17) is 4.74 Å². The van der Waals surface area contributed by atoms with Crippen LogP contribution in [0.1, 0.15) is 13.3 Å². The van der Waals surface area contributed by atoms with Gasteiger partial charge >= 0.3 is 5.69 Å². The number of amides is 1. The Morgan fingerprint density at radius 3 is 2.92 bits per heavy atom. The van der Waals surface area contributed by atoms with Crippen LogP contribution in [0.3, 0.4) is 0 Å². The molecule has 0 fully saturated rings. The number of nitro groups is 1. The third-order valence-corrected chi connectivity index (χ3v) is 5.25. The summed E-state index contributed by atoms with van der Waals surface area (Å²) < 4.78 is 18.7. The number of para-hydroxylation sites is 1. The summed E-state index contributed by atoms with van der Waals surface area (Å²) in [6.45, 7) is 2.22. The van der Waals surface area contributed by atoms with Crippen LogP contribution in [-0.2, 0) is 4.79 Å². The van der Waals surface area contributed by atoms with Gasteiger partial charge in [-0.25, -0.2) is 4.39 Å². The Labute approximate surface area is 154 Å². The van der Waals surface area contributed by atoms with Crippen molar-refractivity contribution in [1.82, 2.24) is 0 Å². The Hall–Kier alpha value is -2.61. The molecule has 2 aromatic rings. The first kappa shape index (κ1) is 18.2. The molecule has 0 spiro atoms. The molecule has 0 aromatic heterocycles. The van der Waals surface area contributed by atoms with Crippen molar-refractivity contribution >= 4 is 29.0 Å². The van der Waals surface area contributed by atoms with Crippen LogP contribution >= 0.6 is 11.8 Å². The summed E-state index contributed by atoms with van der Waals surface area (Å²) in [6.07, 6.45) is 0.811. The Kier molecular flexibility index (Phi) is 5.41. The number of thioether (sulfide) groups is 1. The predicted octanol–water partition coefficient (Wildman–Crippen LogP) is 4.03. The predicted molar refractivity (Wildman–Crippen MR) is 97.3 cm³/mol. The van der Waals surface area contributed by atoms with E-state index in [1.807, 2.05) is 24.3 Å². The second-order valence-electron chi connectivity index (χ2n) is 5.89. The van der Waals surface area contributed by atoms with Crippen LogP contribution in [0.5, 0.6) is 5.75 Å². The van der Waals surface area contributed by atoms with Crippen molar-refractivity contribution in [2.45, 2.75) is 23.5 Å². The number of carbonyl (C=O) groups excluding carboxylic acids is 1. The third-order valence-electron chi connectivity index (χ3n) is 4.01. The molecule has 136 valence electrons. The zero-order valence-electron chi connectivity index (χ0n) is 14.1. The van der Waals surface area contributed by atoms with Crippen molar-refractivity contribution in [3.63, 3.8) is 0 Å². The standard InChI is InChI=1S/C18H17FN2O4S/c1-12-8-9-20(15-4-2-3-5-17(15)26-12)18(22)11-25-16-10-13(19)6-7-14(16)21(23)24/h2-7,10,12H,8-9,11H2,1H3. The van der Waals surface area contributed by atoms with E-state index in [9.17, 15) is 19.3 Å². The van der Waals surface area contributed by atoms with Gasteiger partial charge in [-0.3, -0.25) is 14.9 Å². The van der Waals surface area contributed by atoms with Gasteiger partial charge < -0.3 is 9.64 Å². The molecule has 2 aromatic carbocycles. The summed E-state index contributed by atoms with van der Waals surface area (Å²) in [5.41, 5.74) is 0.420.